The van der Waals surface area contributed by atoms with Gasteiger partial charge in [0.25, 0.3) is 0 Å². The van der Waals surface area contributed by atoms with Crippen molar-refractivity contribution in [2.45, 2.75) is 26.4 Å². The van der Waals surface area contributed by atoms with Crippen LogP contribution in [0.15, 0.2) is 42.5 Å². The lowest BCUT2D eigenvalue weighted by Crippen LogP contribution is -2.51. The van der Waals surface area contributed by atoms with Crippen LogP contribution < -0.4 is 14.4 Å². The Morgan fingerprint density at radius 3 is 2.42 bits per heavy atom. The third kappa shape index (κ3) is 6.82. The largest absolute Gasteiger partial charge is 0.495 e. The molecule has 0 fully saturated rings. The summed E-state index contributed by atoms with van der Waals surface area (Å²) in [6.07, 6.45) is 0.951. The highest BCUT2D eigenvalue weighted by Crippen LogP contribution is 2.30. The number of rotatable bonds is 10. The first-order valence-electron chi connectivity index (χ1n) is 10.1. The summed E-state index contributed by atoms with van der Waals surface area (Å²) in [5.41, 5.74) is 0.341. The molecule has 0 saturated carbocycles. The van der Waals surface area contributed by atoms with E-state index >= 15 is 0 Å². The van der Waals surface area contributed by atoms with Crippen molar-refractivity contribution >= 4 is 39.1 Å². The van der Waals surface area contributed by atoms with Gasteiger partial charge in [-0.15, -0.1) is 0 Å². The smallest absolute Gasteiger partial charge is 0.244 e. The predicted molar refractivity (Wildman–Crippen MR) is 125 cm³/mol. The topological polar surface area (TPSA) is 96.0 Å². The van der Waals surface area contributed by atoms with Gasteiger partial charge in [-0.3, -0.25) is 13.9 Å². The second kappa shape index (κ2) is 11.3. The summed E-state index contributed by atoms with van der Waals surface area (Å²) >= 11 is 6.14. The average molecular weight is 500 g/mol. The Balaban J connectivity index is 2.42. The monoisotopic (exact) mass is 499 g/mol. The first-order valence-corrected chi connectivity index (χ1v) is 12.3. The molecule has 11 heteroatoms. The molecule has 33 heavy (non-hydrogen) atoms. The fraction of sp³-hybridized carbons (Fsp3) is 0.364. The molecule has 0 unspecified atom stereocenters. The first kappa shape index (κ1) is 26.4. The SMILES string of the molecule is CCNC(=O)[C@@H](C)N(Cc1ccccc1F)C(=O)CN(c1ccc(OC)c(Cl)c1)S(C)(=O)=O. The summed E-state index contributed by atoms with van der Waals surface area (Å²) in [5, 5.41) is 2.79. The number of benzene rings is 2. The van der Waals surface area contributed by atoms with E-state index in [1.807, 2.05) is 0 Å². The quantitative estimate of drug-likeness (QED) is 0.542. The molecular formula is C22H27ClFN3O5S. The Morgan fingerprint density at radius 2 is 1.88 bits per heavy atom. The van der Waals surface area contributed by atoms with Crippen molar-refractivity contribution in [3.8, 4) is 5.75 Å². The molecule has 180 valence electrons. The highest BCUT2D eigenvalue weighted by molar-refractivity contribution is 7.92. The molecule has 0 aliphatic rings. The lowest BCUT2D eigenvalue weighted by Gasteiger charge is -2.31. The van der Waals surface area contributed by atoms with Crippen LogP contribution in [0.25, 0.3) is 0 Å². The number of amides is 2. The Morgan fingerprint density at radius 1 is 1.21 bits per heavy atom. The van der Waals surface area contributed by atoms with Crippen molar-refractivity contribution in [3.63, 3.8) is 0 Å². The van der Waals surface area contributed by atoms with Gasteiger partial charge in [-0.25, -0.2) is 12.8 Å². The Hall–Kier alpha value is -2.85. The van der Waals surface area contributed by atoms with Gasteiger partial charge in [-0.1, -0.05) is 29.8 Å². The molecule has 0 bridgehead atoms. The number of nitrogens with zero attached hydrogens (tertiary/aromatic N) is 2. The lowest BCUT2D eigenvalue weighted by molar-refractivity contribution is -0.139. The van der Waals surface area contributed by atoms with Crippen LogP contribution in [0.3, 0.4) is 0 Å². The van der Waals surface area contributed by atoms with Gasteiger partial charge in [0.1, 0.15) is 24.2 Å². The standard InChI is InChI=1S/C22H27ClFN3O5S/c1-5-25-22(29)15(2)26(13-16-8-6-7-9-19(16)24)21(28)14-27(33(4,30)31)17-10-11-20(32-3)18(23)12-17/h6-12,15H,5,13-14H2,1-4H3,(H,25,29)/t15-/m1/s1. The number of carbonyl (C=O) groups excluding carboxylic acids is 2. The maximum atomic E-state index is 14.3. The molecule has 2 rings (SSSR count). The van der Waals surface area contributed by atoms with E-state index in [-0.39, 0.29) is 22.8 Å². The molecule has 2 aromatic carbocycles. The van der Waals surface area contributed by atoms with Crippen LogP contribution in [0, 0.1) is 5.82 Å². The third-order valence-corrected chi connectivity index (χ3v) is 6.36. The predicted octanol–water partition coefficient (Wildman–Crippen LogP) is 2.81. The molecule has 2 aromatic rings. The summed E-state index contributed by atoms with van der Waals surface area (Å²) in [6.45, 7) is 2.74. The summed E-state index contributed by atoms with van der Waals surface area (Å²) in [7, 11) is -2.49. The van der Waals surface area contributed by atoms with Crippen molar-refractivity contribution in [1.82, 2.24) is 10.2 Å². The minimum absolute atomic E-state index is 0.146. The maximum Gasteiger partial charge on any atom is 0.244 e. The van der Waals surface area contributed by atoms with Crippen molar-refractivity contribution in [2.75, 3.05) is 30.8 Å². The zero-order valence-corrected chi connectivity index (χ0v) is 20.4. The number of sulfonamides is 1. The van der Waals surface area contributed by atoms with Crippen molar-refractivity contribution in [3.05, 3.63) is 58.9 Å². The highest BCUT2D eigenvalue weighted by atomic mass is 35.5. The second-order valence-electron chi connectivity index (χ2n) is 7.27. The molecule has 0 aromatic heterocycles. The molecule has 0 spiro atoms. The number of ether oxygens (including phenoxy) is 1. The van der Waals surface area contributed by atoms with Crippen LogP contribution in [0.5, 0.6) is 5.75 Å². The molecule has 0 aliphatic carbocycles. The summed E-state index contributed by atoms with van der Waals surface area (Å²) < 4.78 is 45.3. The van der Waals surface area contributed by atoms with Crippen LogP contribution in [0.4, 0.5) is 10.1 Å². The normalized spacial score (nSPS) is 12.1. The number of methoxy groups -OCH3 is 1. The molecular weight excluding hydrogens is 473 g/mol. The molecule has 8 nitrogen and oxygen atoms in total. The Bertz CT molecular complexity index is 1110. The molecule has 0 saturated heterocycles. The van der Waals surface area contributed by atoms with E-state index in [0.717, 1.165) is 15.5 Å². The Kier molecular flexibility index (Phi) is 9.07. The van der Waals surface area contributed by atoms with E-state index in [2.05, 4.69) is 5.32 Å². The van der Waals surface area contributed by atoms with E-state index in [1.54, 1.807) is 13.0 Å². The Labute approximate surface area is 198 Å². The first-order chi connectivity index (χ1) is 15.5. The van der Waals surface area contributed by atoms with Crippen LogP contribution in [-0.2, 0) is 26.2 Å². The number of nitrogens with one attached hydrogen (secondary N) is 1. The maximum absolute atomic E-state index is 14.3. The van der Waals surface area contributed by atoms with Crippen LogP contribution in [0.2, 0.25) is 5.02 Å². The zero-order chi connectivity index (χ0) is 24.8. The molecule has 1 N–H and O–H groups in total. The van der Waals surface area contributed by atoms with E-state index in [4.69, 9.17) is 16.3 Å². The van der Waals surface area contributed by atoms with Gasteiger partial charge < -0.3 is 15.0 Å². The second-order valence-corrected chi connectivity index (χ2v) is 9.59. The molecule has 0 heterocycles. The van der Waals surface area contributed by atoms with Gasteiger partial charge in [0, 0.05) is 18.7 Å². The van der Waals surface area contributed by atoms with E-state index < -0.39 is 40.2 Å². The molecule has 2 amide bonds. The summed E-state index contributed by atoms with van der Waals surface area (Å²) in [6, 6.07) is 9.19. The van der Waals surface area contributed by atoms with Crippen molar-refractivity contribution in [1.29, 1.82) is 0 Å². The molecule has 0 radical (unpaired) electrons. The van der Waals surface area contributed by atoms with Gasteiger partial charge in [0.05, 0.1) is 24.1 Å². The van der Waals surface area contributed by atoms with Gasteiger partial charge in [-0.05, 0) is 38.1 Å². The average Bonchev–Trinajstić information content (AvgIpc) is 2.75. The summed E-state index contributed by atoms with van der Waals surface area (Å²) in [5.74, 6) is -1.33. The number of hydrogen-bond donors (Lipinski definition) is 1. The highest BCUT2D eigenvalue weighted by Gasteiger charge is 2.30. The van der Waals surface area contributed by atoms with E-state index in [9.17, 15) is 22.4 Å². The fourth-order valence-electron chi connectivity index (χ4n) is 3.14. The van der Waals surface area contributed by atoms with Gasteiger partial charge in [0.2, 0.25) is 21.8 Å². The van der Waals surface area contributed by atoms with Gasteiger partial charge in [-0.2, -0.15) is 0 Å². The lowest BCUT2D eigenvalue weighted by atomic mass is 10.1. The number of likely N-dealkylation sites (N-methyl/N-ethyl adjacent to an activating group) is 1. The van der Waals surface area contributed by atoms with E-state index in [0.29, 0.717) is 12.3 Å². The van der Waals surface area contributed by atoms with Gasteiger partial charge >= 0.3 is 0 Å². The molecule has 1 atom stereocenters. The minimum Gasteiger partial charge on any atom is -0.495 e. The number of hydrogen-bond acceptors (Lipinski definition) is 5. The van der Waals surface area contributed by atoms with Gasteiger partial charge in [0.15, 0.2) is 0 Å². The zero-order valence-electron chi connectivity index (χ0n) is 18.8. The number of carbonyl (C=O) groups is 2. The number of halogens is 2. The summed E-state index contributed by atoms with van der Waals surface area (Å²) in [4.78, 5) is 26.9. The fourth-order valence-corrected chi connectivity index (χ4v) is 4.23. The number of anilines is 1. The van der Waals surface area contributed by atoms with Crippen LogP contribution in [-0.4, -0.2) is 57.6 Å². The van der Waals surface area contributed by atoms with Crippen molar-refractivity contribution in [2.24, 2.45) is 0 Å². The molecule has 0 aliphatic heterocycles. The van der Waals surface area contributed by atoms with Crippen molar-refractivity contribution < 1.29 is 27.1 Å². The third-order valence-electron chi connectivity index (χ3n) is 4.92. The van der Waals surface area contributed by atoms with Crippen LogP contribution in [0.1, 0.15) is 19.4 Å². The van der Waals surface area contributed by atoms with Crippen LogP contribution >= 0.6 is 11.6 Å². The minimum atomic E-state index is -3.91. The van der Waals surface area contributed by atoms with E-state index in [1.165, 1.54) is 50.4 Å².